The summed E-state index contributed by atoms with van der Waals surface area (Å²) in [4.78, 5) is 17.4. The number of aryl methyl sites for hydroxylation is 1. The van der Waals surface area contributed by atoms with Crippen molar-refractivity contribution in [3.8, 4) is 0 Å². The fourth-order valence-corrected chi connectivity index (χ4v) is 3.14. The van der Waals surface area contributed by atoms with Crippen LogP contribution < -0.4 is 4.90 Å². The average Bonchev–Trinajstić information content (AvgIpc) is 2.97. The van der Waals surface area contributed by atoms with E-state index in [0.717, 1.165) is 55.4 Å². The van der Waals surface area contributed by atoms with Gasteiger partial charge in [0.05, 0.1) is 17.6 Å². The number of fused-ring (bicyclic) bond motifs is 1. The molecule has 2 aromatic heterocycles. The van der Waals surface area contributed by atoms with Crippen LogP contribution >= 0.6 is 0 Å². The van der Waals surface area contributed by atoms with E-state index in [1.807, 2.05) is 18.3 Å². The fraction of sp³-hybridized carbons (Fsp3) is 0.333. The molecule has 0 bridgehead atoms. The molecule has 23 heavy (non-hydrogen) atoms. The molecular weight excluding hydrogens is 286 g/mol. The molecule has 3 aromatic rings. The normalized spacial score (nSPS) is 16.1. The second-order valence-electron chi connectivity index (χ2n) is 6.16. The van der Waals surface area contributed by atoms with Gasteiger partial charge in [-0.05, 0) is 36.8 Å². The van der Waals surface area contributed by atoms with Gasteiger partial charge in [0.2, 0.25) is 0 Å². The molecule has 0 atom stereocenters. The Kier molecular flexibility index (Phi) is 3.71. The van der Waals surface area contributed by atoms with Crippen molar-refractivity contribution in [2.75, 3.05) is 31.1 Å². The highest BCUT2D eigenvalue weighted by Gasteiger charge is 2.18. The highest BCUT2D eigenvalue weighted by molar-refractivity contribution is 5.75. The summed E-state index contributed by atoms with van der Waals surface area (Å²) < 4.78 is 0. The standard InChI is InChI=1S/C18H21N5/c1-14-5-6-15-16(12-14)21-17(20-15)13-22-8-10-23(11-9-22)18-4-2-3-7-19-18/h2-7,12H,8-11,13H2,1H3,(H,20,21). The first-order valence-corrected chi connectivity index (χ1v) is 8.11. The van der Waals surface area contributed by atoms with Gasteiger partial charge in [-0.3, -0.25) is 4.90 Å². The van der Waals surface area contributed by atoms with E-state index < -0.39 is 0 Å². The lowest BCUT2D eigenvalue weighted by molar-refractivity contribution is 0.244. The molecule has 5 nitrogen and oxygen atoms in total. The van der Waals surface area contributed by atoms with Crippen LogP contribution in [0.5, 0.6) is 0 Å². The highest BCUT2D eigenvalue weighted by Crippen LogP contribution is 2.16. The lowest BCUT2D eigenvalue weighted by atomic mass is 10.2. The second-order valence-corrected chi connectivity index (χ2v) is 6.16. The van der Waals surface area contributed by atoms with Gasteiger partial charge in [-0.15, -0.1) is 0 Å². The maximum atomic E-state index is 4.70. The summed E-state index contributed by atoms with van der Waals surface area (Å²) in [5, 5.41) is 0. The van der Waals surface area contributed by atoms with Crippen molar-refractivity contribution in [2.45, 2.75) is 13.5 Å². The maximum Gasteiger partial charge on any atom is 0.128 e. The summed E-state index contributed by atoms with van der Waals surface area (Å²) >= 11 is 0. The van der Waals surface area contributed by atoms with E-state index in [1.165, 1.54) is 5.56 Å². The topological polar surface area (TPSA) is 48.1 Å². The molecule has 1 aliphatic heterocycles. The SMILES string of the molecule is Cc1ccc2nc(CN3CCN(c4ccccn4)CC3)[nH]c2c1. The molecule has 0 unspecified atom stereocenters. The molecule has 0 amide bonds. The van der Waals surface area contributed by atoms with Crippen LogP contribution in [0.3, 0.4) is 0 Å². The minimum atomic E-state index is 0.879. The van der Waals surface area contributed by atoms with Crippen LogP contribution in [0.4, 0.5) is 5.82 Å². The van der Waals surface area contributed by atoms with E-state index in [1.54, 1.807) is 0 Å². The molecule has 5 heteroatoms. The van der Waals surface area contributed by atoms with E-state index in [2.05, 4.69) is 51.0 Å². The predicted molar refractivity (Wildman–Crippen MR) is 92.6 cm³/mol. The van der Waals surface area contributed by atoms with Crippen molar-refractivity contribution < 1.29 is 0 Å². The summed E-state index contributed by atoms with van der Waals surface area (Å²) in [6.45, 7) is 7.08. The Bertz CT molecular complexity index is 788. The van der Waals surface area contributed by atoms with Crippen LogP contribution in [-0.4, -0.2) is 46.0 Å². The summed E-state index contributed by atoms with van der Waals surface area (Å²) in [6.07, 6.45) is 1.86. The lowest BCUT2D eigenvalue weighted by Crippen LogP contribution is -2.46. The minimum Gasteiger partial charge on any atom is -0.354 e. The Hall–Kier alpha value is -2.40. The van der Waals surface area contributed by atoms with Gasteiger partial charge in [0, 0.05) is 32.4 Å². The van der Waals surface area contributed by atoms with E-state index in [0.29, 0.717) is 0 Å². The van der Waals surface area contributed by atoms with Crippen molar-refractivity contribution in [1.82, 2.24) is 19.9 Å². The molecule has 4 rings (SSSR count). The van der Waals surface area contributed by atoms with Crippen LogP contribution in [0, 0.1) is 6.92 Å². The first kappa shape index (κ1) is 14.2. The van der Waals surface area contributed by atoms with Crippen molar-refractivity contribution in [3.05, 3.63) is 54.0 Å². The van der Waals surface area contributed by atoms with Crippen molar-refractivity contribution in [2.24, 2.45) is 0 Å². The third-order valence-electron chi connectivity index (χ3n) is 4.41. The van der Waals surface area contributed by atoms with Crippen LogP contribution in [0.1, 0.15) is 11.4 Å². The number of pyridine rings is 1. The molecule has 0 saturated carbocycles. The molecule has 1 aliphatic rings. The first-order chi connectivity index (χ1) is 11.3. The number of nitrogens with zero attached hydrogens (tertiary/aromatic N) is 4. The van der Waals surface area contributed by atoms with Gasteiger partial charge >= 0.3 is 0 Å². The van der Waals surface area contributed by atoms with Crippen LogP contribution in [0.25, 0.3) is 11.0 Å². The number of hydrogen-bond donors (Lipinski definition) is 1. The number of imidazole rings is 1. The largest absolute Gasteiger partial charge is 0.354 e. The predicted octanol–water partition coefficient (Wildman–Crippen LogP) is 2.59. The number of piperazine rings is 1. The molecule has 1 N–H and O–H groups in total. The quantitative estimate of drug-likeness (QED) is 0.808. The van der Waals surface area contributed by atoms with Gasteiger partial charge in [-0.2, -0.15) is 0 Å². The number of aromatic amines is 1. The second kappa shape index (κ2) is 6.01. The average molecular weight is 307 g/mol. The molecule has 118 valence electrons. The van der Waals surface area contributed by atoms with Crippen molar-refractivity contribution >= 4 is 16.9 Å². The Labute approximate surface area is 136 Å². The first-order valence-electron chi connectivity index (χ1n) is 8.11. The van der Waals surface area contributed by atoms with Crippen LogP contribution in [0.15, 0.2) is 42.6 Å². The number of anilines is 1. The zero-order valence-corrected chi connectivity index (χ0v) is 13.4. The van der Waals surface area contributed by atoms with E-state index in [4.69, 9.17) is 4.98 Å². The number of aromatic nitrogens is 3. The summed E-state index contributed by atoms with van der Waals surface area (Å²) in [5.74, 6) is 2.13. The third kappa shape index (κ3) is 3.05. The molecule has 1 saturated heterocycles. The molecule has 0 aliphatic carbocycles. The van der Waals surface area contributed by atoms with Gasteiger partial charge in [-0.25, -0.2) is 9.97 Å². The molecule has 3 heterocycles. The number of nitrogens with one attached hydrogen (secondary N) is 1. The van der Waals surface area contributed by atoms with E-state index in [-0.39, 0.29) is 0 Å². The number of H-pyrrole nitrogens is 1. The van der Waals surface area contributed by atoms with E-state index >= 15 is 0 Å². The maximum absolute atomic E-state index is 4.70. The third-order valence-corrected chi connectivity index (χ3v) is 4.41. The molecule has 0 radical (unpaired) electrons. The van der Waals surface area contributed by atoms with E-state index in [9.17, 15) is 0 Å². The molecule has 0 spiro atoms. The number of hydrogen-bond acceptors (Lipinski definition) is 4. The monoisotopic (exact) mass is 307 g/mol. The fourth-order valence-electron chi connectivity index (χ4n) is 3.14. The number of rotatable bonds is 3. The Balaban J connectivity index is 1.40. The van der Waals surface area contributed by atoms with Crippen LogP contribution in [-0.2, 0) is 6.54 Å². The highest BCUT2D eigenvalue weighted by atomic mass is 15.3. The molecular formula is C18H21N5. The van der Waals surface area contributed by atoms with Gasteiger partial charge < -0.3 is 9.88 Å². The van der Waals surface area contributed by atoms with Gasteiger partial charge in [0.25, 0.3) is 0 Å². The molecule has 1 fully saturated rings. The Morgan fingerprint density at radius 1 is 1.09 bits per heavy atom. The van der Waals surface area contributed by atoms with Gasteiger partial charge in [-0.1, -0.05) is 12.1 Å². The smallest absolute Gasteiger partial charge is 0.128 e. The summed E-state index contributed by atoms with van der Waals surface area (Å²) in [7, 11) is 0. The van der Waals surface area contributed by atoms with Crippen molar-refractivity contribution in [1.29, 1.82) is 0 Å². The summed E-state index contributed by atoms with van der Waals surface area (Å²) in [6, 6.07) is 12.4. The summed E-state index contributed by atoms with van der Waals surface area (Å²) in [5.41, 5.74) is 3.45. The van der Waals surface area contributed by atoms with Crippen molar-refractivity contribution in [3.63, 3.8) is 0 Å². The van der Waals surface area contributed by atoms with Gasteiger partial charge in [0.15, 0.2) is 0 Å². The van der Waals surface area contributed by atoms with Gasteiger partial charge in [0.1, 0.15) is 11.6 Å². The Morgan fingerprint density at radius 2 is 1.96 bits per heavy atom. The molecule has 1 aromatic carbocycles. The zero-order chi connectivity index (χ0) is 15.6. The minimum absolute atomic E-state index is 0.879. The Morgan fingerprint density at radius 3 is 2.74 bits per heavy atom. The zero-order valence-electron chi connectivity index (χ0n) is 13.4. The van der Waals surface area contributed by atoms with Crippen LogP contribution in [0.2, 0.25) is 0 Å². The lowest BCUT2D eigenvalue weighted by Gasteiger charge is -2.34. The number of benzene rings is 1.